The number of carbonyl (C=O) groups is 1. The van der Waals surface area contributed by atoms with Crippen LogP contribution in [0.3, 0.4) is 0 Å². The molecule has 0 radical (unpaired) electrons. The Morgan fingerprint density at radius 2 is 2.35 bits per heavy atom. The van der Waals surface area contributed by atoms with Gasteiger partial charge in [0.1, 0.15) is 11.5 Å². The van der Waals surface area contributed by atoms with Crippen molar-refractivity contribution in [1.82, 2.24) is 0 Å². The average Bonchev–Trinajstić information content (AvgIpc) is 2.80. The molecule has 6 nitrogen and oxygen atoms in total. The number of hydrogen-bond acceptors (Lipinski definition) is 6. The number of allylic oxidation sites excluding steroid dienone is 1. The maximum absolute atomic E-state index is 11.6. The van der Waals surface area contributed by atoms with Gasteiger partial charge in [0.25, 0.3) is 0 Å². The third-order valence-electron chi connectivity index (χ3n) is 3.84. The molecular formula is C11H14O6. The van der Waals surface area contributed by atoms with Gasteiger partial charge in [0.2, 0.25) is 0 Å². The van der Waals surface area contributed by atoms with Crippen molar-refractivity contribution in [2.45, 2.75) is 18.2 Å². The van der Waals surface area contributed by atoms with Crippen molar-refractivity contribution in [1.29, 1.82) is 0 Å². The molecule has 3 rings (SSSR count). The predicted molar refractivity (Wildman–Crippen MR) is 53.4 cm³/mol. The Hall–Kier alpha value is -0.950. The molecule has 2 fully saturated rings. The number of ether oxygens (including phenoxy) is 3. The van der Waals surface area contributed by atoms with Gasteiger partial charge in [-0.15, -0.1) is 0 Å². The van der Waals surface area contributed by atoms with Crippen molar-refractivity contribution < 1.29 is 29.2 Å². The smallest absolute Gasteiger partial charge is 0.314 e. The molecular weight excluding hydrogens is 228 g/mol. The summed E-state index contributed by atoms with van der Waals surface area (Å²) in [6.07, 6.45) is 1.43. The number of esters is 1. The maximum atomic E-state index is 11.6. The van der Waals surface area contributed by atoms with Crippen LogP contribution in [0.5, 0.6) is 0 Å². The molecule has 2 saturated heterocycles. The van der Waals surface area contributed by atoms with Crippen LogP contribution in [0, 0.1) is 17.8 Å². The van der Waals surface area contributed by atoms with Gasteiger partial charge in [-0.2, -0.15) is 0 Å². The summed E-state index contributed by atoms with van der Waals surface area (Å²) in [5.41, 5.74) is -1.10. The van der Waals surface area contributed by atoms with Crippen molar-refractivity contribution in [2.75, 3.05) is 13.7 Å². The topological polar surface area (TPSA) is 85.2 Å². The fourth-order valence-corrected chi connectivity index (χ4v) is 3.01. The Morgan fingerprint density at radius 3 is 3.06 bits per heavy atom. The monoisotopic (exact) mass is 242 g/mol. The van der Waals surface area contributed by atoms with Crippen LogP contribution in [0.15, 0.2) is 12.2 Å². The molecule has 0 bridgehead atoms. The second kappa shape index (κ2) is 3.52. The zero-order valence-electron chi connectivity index (χ0n) is 9.28. The summed E-state index contributed by atoms with van der Waals surface area (Å²) < 4.78 is 15.2. The van der Waals surface area contributed by atoms with E-state index in [4.69, 9.17) is 9.47 Å². The van der Waals surface area contributed by atoms with Crippen molar-refractivity contribution in [2.24, 2.45) is 17.8 Å². The van der Waals surface area contributed by atoms with E-state index in [9.17, 15) is 15.0 Å². The fourth-order valence-electron chi connectivity index (χ4n) is 3.01. The van der Waals surface area contributed by atoms with Crippen LogP contribution in [0.2, 0.25) is 0 Å². The van der Waals surface area contributed by atoms with E-state index < -0.39 is 30.1 Å². The second-order valence-electron chi connectivity index (χ2n) is 4.71. The van der Waals surface area contributed by atoms with E-state index in [2.05, 4.69) is 4.74 Å². The highest BCUT2D eigenvalue weighted by molar-refractivity contribution is 5.74. The van der Waals surface area contributed by atoms with Crippen molar-refractivity contribution in [3.63, 3.8) is 0 Å². The van der Waals surface area contributed by atoms with Crippen molar-refractivity contribution >= 4 is 5.97 Å². The first-order chi connectivity index (χ1) is 8.07. The van der Waals surface area contributed by atoms with Gasteiger partial charge in [0.05, 0.1) is 19.6 Å². The molecule has 2 heterocycles. The first kappa shape index (κ1) is 11.2. The number of hydrogen-bond donors (Lipinski definition) is 2. The van der Waals surface area contributed by atoms with Crippen molar-refractivity contribution in [3.05, 3.63) is 12.2 Å². The summed E-state index contributed by atoms with van der Waals surface area (Å²) in [6.45, 7) is 0.121. The lowest BCUT2D eigenvalue weighted by Crippen LogP contribution is -2.51. The van der Waals surface area contributed by atoms with Gasteiger partial charge >= 0.3 is 5.97 Å². The highest BCUT2D eigenvalue weighted by atomic mass is 16.7. The van der Waals surface area contributed by atoms with Crippen LogP contribution < -0.4 is 0 Å². The number of rotatable bonds is 1. The molecule has 0 aromatic heterocycles. The summed E-state index contributed by atoms with van der Waals surface area (Å²) in [6, 6.07) is 0. The summed E-state index contributed by atoms with van der Waals surface area (Å²) >= 11 is 0. The number of methoxy groups -OCH3 is 1. The lowest BCUT2D eigenvalue weighted by molar-refractivity contribution is -0.280. The third kappa shape index (κ3) is 1.38. The fraction of sp³-hybridized carbons (Fsp3) is 0.727. The van der Waals surface area contributed by atoms with Crippen LogP contribution in [0.1, 0.15) is 0 Å². The van der Waals surface area contributed by atoms with Crippen LogP contribution in [0.25, 0.3) is 0 Å². The molecule has 2 aliphatic heterocycles. The lowest BCUT2D eigenvalue weighted by Gasteiger charge is -2.39. The van der Waals surface area contributed by atoms with Crippen LogP contribution >= 0.6 is 0 Å². The largest absolute Gasteiger partial charge is 0.469 e. The minimum atomic E-state index is -1.27. The van der Waals surface area contributed by atoms with Gasteiger partial charge in [-0.25, -0.2) is 0 Å². The van der Waals surface area contributed by atoms with E-state index >= 15 is 0 Å². The van der Waals surface area contributed by atoms with Gasteiger partial charge in [-0.05, 0) is 0 Å². The molecule has 1 aliphatic carbocycles. The highest BCUT2D eigenvalue weighted by Gasteiger charge is 2.61. The molecule has 6 atom stereocenters. The van der Waals surface area contributed by atoms with Gasteiger partial charge in [0.15, 0.2) is 12.6 Å². The van der Waals surface area contributed by atoms with Crippen LogP contribution in [-0.2, 0) is 19.0 Å². The molecule has 0 amide bonds. The molecule has 2 N–H and O–H groups in total. The number of carbonyl (C=O) groups excluding carboxylic acids is 1. The van der Waals surface area contributed by atoms with E-state index in [0.717, 1.165) is 0 Å². The van der Waals surface area contributed by atoms with Crippen LogP contribution in [-0.4, -0.2) is 48.1 Å². The number of aliphatic hydroxyl groups is 2. The minimum absolute atomic E-state index is 0.121. The first-order valence-electron chi connectivity index (χ1n) is 5.51. The Balaban J connectivity index is 1.95. The normalized spacial score (nSPS) is 51.4. The van der Waals surface area contributed by atoms with Gasteiger partial charge in [-0.1, -0.05) is 12.2 Å². The minimum Gasteiger partial charge on any atom is -0.469 e. The molecule has 0 aromatic carbocycles. The average molecular weight is 242 g/mol. The standard InChI is InChI=1S/C11H14O6/c1-15-8(12)6-5-2-3-11(14)4-16-10(7(5)11)17-9(6)13/h2-3,5-7,9-10,13-14H,4H2,1H3/t5-,6-,7-,9?,10+,11-/m1/s1. The Morgan fingerprint density at radius 1 is 1.59 bits per heavy atom. The molecule has 1 unspecified atom stereocenters. The lowest BCUT2D eigenvalue weighted by atomic mass is 9.77. The Kier molecular flexibility index (Phi) is 2.31. The van der Waals surface area contributed by atoms with Gasteiger partial charge < -0.3 is 24.4 Å². The Labute approximate surface area is 97.8 Å². The zero-order valence-corrected chi connectivity index (χ0v) is 9.28. The van der Waals surface area contributed by atoms with Gasteiger partial charge in [-0.3, -0.25) is 4.79 Å². The molecule has 3 aliphatic rings. The molecule has 0 aromatic rings. The van der Waals surface area contributed by atoms with Crippen molar-refractivity contribution in [3.8, 4) is 0 Å². The SMILES string of the molecule is COC(=O)[C@@H]1C(O)O[C@@H]2OC[C@]3(O)C=C[C@H]1[C@H]23. The summed E-state index contributed by atoms with van der Waals surface area (Å²) in [5, 5.41) is 20.1. The zero-order chi connectivity index (χ0) is 12.2. The highest BCUT2D eigenvalue weighted by Crippen LogP contribution is 2.50. The van der Waals surface area contributed by atoms with Gasteiger partial charge in [0, 0.05) is 5.92 Å². The maximum Gasteiger partial charge on any atom is 0.314 e. The summed E-state index contributed by atoms with van der Waals surface area (Å²) in [4.78, 5) is 11.6. The second-order valence-corrected chi connectivity index (χ2v) is 4.71. The van der Waals surface area contributed by atoms with E-state index in [0.29, 0.717) is 0 Å². The van der Waals surface area contributed by atoms with E-state index in [1.165, 1.54) is 7.11 Å². The Bertz CT molecular complexity index is 380. The molecule has 94 valence electrons. The first-order valence-corrected chi connectivity index (χ1v) is 5.51. The van der Waals surface area contributed by atoms with Crippen LogP contribution in [0.4, 0.5) is 0 Å². The van der Waals surface area contributed by atoms with E-state index in [1.807, 2.05) is 0 Å². The molecule has 0 spiro atoms. The van der Waals surface area contributed by atoms with E-state index in [-0.39, 0.29) is 18.4 Å². The predicted octanol–water partition coefficient (Wildman–Crippen LogP) is -0.986. The summed E-state index contributed by atoms with van der Waals surface area (Å²) in [5.74, 6) is -2.02. The summed E-state index contributed by atoms with van der Waals surface area (Å²) in [7, 11) is 1.26. The molecule has 17 heavy (non-hydrogen) atoms. The van der Waals surface area contributed by atoms with E-state index in [1.54, 1.807) is 12.2 Å². The number of aliphatic hydroxyl groups excluding tert-OH is 1. The quantitative estimate of drug-likeness (QED) is 0.454. The molecule has 6 heteroatoms. The molecule has 0 saturated carbocycles. The third-order valence-corrected chi connectivity index (χ3v) is 3.84.